The Hall–Kier alpha value is -2.73. The summed E-state index contributed by atoms with van der Waals surface area (Å²) in [5.74, 6) is -3.76. The summed E-state index contributed by atoms with van der Waals surface area (Å²) >= 11 is 0. The predicted octanol–water partition coefficient (Wildman–Crippen LogP) is -1.67. The van der Waals surface area contributed by atoms with Crippen LogP contribution in [0.25, 0.3) is 0 Å². The zero-order valence-electron chi connectivity index (χ0n) is 19.4. The molecule has 12 heteroatoms. The highest BCUT2D eigenvalue weighted by atomic mass is 16.4. The van der Waals surface area contributed by atoms with E-state index in [9.17, 15) is 29.1 Å². The fourth-order valence-corrected chi connectivity index (χ4v) is 3.59. The van der Waals surface area contributed by atoms with Crippen molar-refractivity contribution in [3.05, 3.63) is 0 Å². The largest absolute Gasteiger partial charge is 0.480 e. The van der Waals surface area contributed by atoms with Crippen LogP contribution in [0.5, 0.6) is 0 Å². The van der Waals surface area contributed by atoms with Gasteiger partial charge in [0.1, 0.15) is 18.1 Å². The van der Waals surface area contributed by atoms with Crippen molar-refractivity contribution >= 4 is 29.6 Å². The van der Waals surface area contributed by atoms with E-state index in [1.54, 1.807) is 0 Å². The lowest BCUT2D eigenvalue weighted by Crippen LogP contribution is -2.57. The van der Waals surface area contributed by atoms with Gasteiger partial charge in [0.05, 0.1) is 12.5 Å². The average molecular weight is 471 g/mol. The summed E-state index contributed by atoms with van der Waals surface area (Å²) in [4.78, 5) is 60.9. The molecule has 0 aromatic heterocycles. The van der Waals surface area contributed by atoms with Crippen molar-refractivity contribution in [1.29, 1.82) is 0 Å². The molecule has 1 heterocycles. The summed E-state index contributed by atoms with van der Waals surface area (Å²) in [6, 6.07) is -3.79. The number of aliphatic carboxylic acids is 1. The van der Waals surface area contributed by atoms with Crippen LogP contribution in [0.15, 0.2) is 0 Å². The highest BCUT2D eigenvalue weighted by Gasteiger charge is 2.32. The fourth-order valence-electron chi connectivity index (χ4n) is 3.59. The van der Waals surface area contributed by atoms with E-state index in [1.807, 2.05) is 13.8 Å². The van der Waals surface area contributed by atoms with Gasteiger partial charge in [-0.15, -0.1) is 0 Å². The summed E-state index contributed by atoms with van der Waals surface area (Å²) in [6.07, 6.45) is 2.66. The number of primary amides is 1. The molecule has 0 aromatic carbocycles. The van der Waals surface area contributed by atoms with E-state index in [0.717, 1.165) is 13.0 Å². The minimum absolute atomic E-state index is 0.0917. The number of hydrogen-bond acceptors (Lipinski definition) is 7. The predicted molar refractivity (Wildman–Crippen MR) is 121 cm³/mol. The molecule has 188 valence electrons. The Bertz CT molecular complexity index is 695. The van der Waals surface area contributed by atoms with Crippen molar-refractivity contribution < 1.29 is 29.1 Å². The average Bonchev–Trinajstić information content (AvgIpc) is 3.26. The minimum atomic E-state index is -1.51. The molecule has 0 spiro atoms. The van der Waals surface area contributed by atoms with Gasteiger partial charge in [0.15, 0.2) is 0 Å². The Morgan fingerprint density at radius 2 is 1.64 bits per heavy atom. The summed E-state index contributed by atoms with van der Waals surface area (Å²) < 4.78 is 0. The highest BCUT2D eigenvalue weighted by Crippen LogP contribution is 2.10. The van der Waals surface area contributed by atoms with Crippen molar-refractivity contribution in [3.8, 4) is 0 Å². The number of rotatable bonds is 15. The smallest absolute Gasteiger partial charge is 0.326 e. The molecule has 1 rings (SSSR count). The molecule has 9 N–H and O–H groups in total. The summed E-state index contributed by atoms with van der Waals surface area (Å²) in [5, 5.41) is 20.0. The van der Waals surface area contributed by atoms with Crippen LogP contribution in [0.3, 0.4) is 0 Å². The lowest BCUT2D eigenvalue weighted by atomic mass is 10.0. The topological polar surface area (TPSA) is 206 Å². The first-order valence-electron chi connectivity index (χ1n) is 11.4. The Kier molecular flexibility index (Phi) is 12.4. The molecular formula is C21H38N6O6. The molecule has 4 unspecified atom stereocenters. The number of carboxylic acid groups (broad SMARTS) is 1. The monoisotopic (exact) mass is 470 g/mol. The van der Waals surface area contributed by atoms with E-state index in [-0.39, 0.29) is 24.3 Å². The van der Waals surface area contributed by atoms with Crippen LogP contribution < -0.4 is 32.7 Å². The van der Waals surface area contributed by atoms with Gasteiger partial charge in [0.2, 0.25) is 23.6 Å². The molecule has 0 saturated carbocycles. The highest BCUT2D eigenvalue weighted by molar-refractivity contribution is 5.94. The van der Waals surface area contributed by atoms with Gasteiger partial charge >= 0.3 is 5.97 Å². The lowest BCUT2D eigenvalue weighted by Gasteiger charge is -2.26. The van der Waals surface area contributed by atoms with E-state index >= 15 is 0 Å². The number of nitrogens with one attached hydrogen (secondary N) is 4. The molecule has 1 aliphatic heterocycles. The Morgan fingerprint density at radius 1 is 1.00 bits per heavy atom. The van der Waals surface area contributed by atoms with Crippen LogP contribution in [0.2, 0.25) is 0 Å². The second-order valence-electron chi connectivity index (χ2n) is 8.76. The normalized spacial score (nSPS) is 18.2. The second-order valence-corrected chi connectivity index (χ2v) is 8.76. The number of hydrogen-bond donors (Lipinski definition) is 7. The molecule has 1 fully saturated rings. The van der Waals surface area contributed by atoms with Crippen LogP contribution in [0.1, 0.15) is 58.8 Å². The lowest BCUT2D eigenvalue weighted by molar-refractivity contribution is -0.143. The first-order valence-corrected chi connectivity index (χ1v) is 11.4. The van der Waals surface area contributed by atoms with Gasteiger partial charge in [-0.1, -0.05) is 13.8 Å². The summed E-state index contributed by atoms with van der Waals surface area (Å²) in [7, 11) is 0. The Balaban J connectivity index is 2.92. The van der Waals surface area contributed by atoms with Crippen molar-refractivity contribution in [2.75, 3.05) is 13.1 Å². The van der Waals surface area contributed by atoms with Crippen molar-refractivity contribution in [1.82, 2.24) is 21.3 Å². The third kappa shape index (κ3) is 10.6. The molecule has 12 nitrogen and oxygen atoms in total. The number of nitrogens with two attached hydrogens (primary N) is 2. The van der Waals surface area contributed by atoms with Gasteiger partial charge in [-0.05, 0) is 57.5 Å². The maximum atomic E-state index is 13.0. The van der Waals surface area contributed by atoms with E-state index in [0.29, 0.717) is 32.2 Å². The zero-order valence-corrected chi connectivity index (χ0v) is 19.4. The fraction of sp³-hybridized carbons (Fsp3) is 0.762. The molecule has 0 bridgehead atoms. The molecule has 4 atom stereocenters. The van der Waals surface area contributed by atoms with Gasteiger partial charge in [-0.2, -0.15) is 0 Å². The van der Waals surface area contributed by atoms with E-state index < -0.39 is 48.2 Å². The van der Waals surface area contributed by atoms with Gasteiger partial charge in [-0.3, -0.25) is 19.2 Å². The van der Waals surface area contributed by atoms with E-state index in [2.05, 4.69) is 21.3 Å². The first-order chi connectivity index (χ1) is 15.5. The number of unbranched alkanes of at least 4 members (excludes halogenated alkanes) is 1. The molecule has 33 heavy (non-hydrogen) atoms. The second kappa shape index (κ2) is 14.4. The standard InChI is InChI=1S/C21H38N6O6/c1-12(2)10-15(26-18(29)13-7-5-9-24-13)20(31)25-14(6-3-4-8-22)19(30)27-16(21(32)33)11-17(23)28/h12-16,24H,3-11,22H2,1-2H3,(H2,23,28)(H,25,31)(H,26,29)(H,27,30)(H,32,33). The van der Waals surface area contributed by atoms with Crippen LogP contribution in [0, 0.1) is 5.92 Å². The summed E-state index contributed by atoms with van der Waals surface area (Å²) in [6.45, 7) is 4.95. The summed E-state index contributed by atoms with van der Waals surface area (Å²) in [5.41, 5.74) is 10.6. The van der Waals surface area contributed by atoms with Crippen LogP contribution >= 0.6 is 0 Å². The van der Waals surface area contributed by atoms with Crippen molar-refractivity contribution in [2.45, 2.75) is 83.0 Å². The van der Waals surface area contributed by atoms with Gasteiger partial charge < -0.3 is 37.8 Å². The first kappa shape index (κ1) is 28.3. The maximum Gasteiger partial charge on any atom is 0.326 e. The molecule has 0 aromatic rings. The molecule has 4 amide bonds. The SMILES string of the molecule is CC(C)CC(NC(=O)C1CCCN1)C(=O)NC(CCCCN)C(=O)NC(CC(N)=O)C(=O)O. The number of carbonyl (C=O) groups is 5. The van der Waals surface area contributed by atoms with Crippen LogP contribution in [-0.4, -0.2) is 72.0 Å². The molecule has 1 saturated heterocycles. The Labute approximate surface area is 194 Å². The maximum absolute atomic E-state index is 13.0. The van der Waals surface area contributed by atoms with Gasteiger partial charge in [0, 0.05) is 0 Å². The number of carboxylic acids is 1. The Morgan fingerprint density at radius 3 is 2.15 bits per heavy atom. The zero-order chi connectivity index (χ0) is 25.0. The van der Waals surface area contributed by atoms with Gasteiger partial charge in [0.25, 0.3) is 0 Å². The quantitative estimate of drug-likeness (QED) is 0.137. The van der Waals surface area contributed by atoms with Crippen molar-refractivity contribution in [2.24, 2.45) is 17.4 Å². The minimum Gasteiger partial charge on any atom is -0.480 e. The van der Waals surface area contributed by atoms with Crippen LogP contribution in [0.4, 0.5) is 0 Å². The third-order valence-electron chi connectivity index (χ3n) is 5.32. The number of amides is 4. The van der Waals surface area contributed by atoms with Crippen LogP contribution in [-0.2, 0) is 24.0 Å². The molecular weight excluding hydrogens is 432 g/mol. The number of carbonyl (C=O) groups excluding carboxylic acids is 4. The third-order valence-corrected chi connectivity index (χ3v) is 5.32. The molecule has 1 aliphatic rings. The van der Waals surface area contributed by atoms with E-state index in [1.165, 1.54) is 0 Å². The van der Waals surface area contributed by atoms with Crippen molar-refractivity contribution in [3.63, 3.8) is 0 Å². The molecule has 0 radical (unpaired) electrons. The molecule has 0 aliphatic carbocycles. The van der Waals surface area contributed by atoms with E-state index in [4.69, 9.17) is 11.5 Å². The van der Waals surface area contributed by atoms with Gasteiger partial charge in [-0.25, -0.2) is 4.79 Å².